The van der Waals surface area contributed by atoms with E-state index in [0.29, 0.717) is 39.5 Å². The van der Waals surface area contributed by atoms with E-state index in [2.05, 4.69) is 5.32 Å². The third-order valence-corrected chi connectivity index (χ3v) is 3.13. The molecule has 2 amide bonds. The Morgan fingerprint density at radius 1 is 1.45 bits per heavy atom. The number of anilines is 1. The van der Waals surface area contributed by atoms with E-state index in [1.165, 1.54) is 0 Å². The number of amides is 2. The van der Waals surface area contributed by atoms with Crippen LogP contribution in [0.2, 0.25) is 0 Å². The van der Waals surface area contributed by atoms with E-state index in [0.717, 1.165) is 17.0 Å². The first-order chi connectivity index (χ1) is 9.74. The fourth-order valence-corrected chi connectivity index (χ4v) is 2.08. The van der Waals surface area contributed by atoms with E-state index >= 15 is 0 Å². The molecule has 1 fully saturated rings. The van der Waals surface area contributed by atoms with E-state index < -0.39 is 0 Å². The van der Waals surface area contributed by atoms with Crippen molar-refractivity contribution in [1.82, 2.24) is 4.90 Å². The minimum atomic E-state index is -0.111. The van der Waals surface area contributed by atoms with Gasteiger partial charge in [0.1, 0.15) is 5.75 Å². The van der Waals surface area contributed by atoms with Crippen LogP contribution in [0.4, 0.5) is 10.5 Å². The fourth-order valence-electron chi connectivity index (χ4n) is 2.08. The molecule has 1 aliphatic rings. The molecule has 0 aromatic heterocycles. The summed E-state index contributed by atoms with van der Waals surface area (Å²) in [6.45, 7) is 5.30. The summed E-state index contributed by atoms with van der Waals surface area (Å²) in [6, 6.07) is 5.40. The Labute approximate surface area is 118 Å². The first kappa shape index (κ1) is 14.6. The van der Waals surface area contributed by atoms with Gasteiger partial charge in [0.15, 0.2) is 0 Å². The molecule has 0 atom stereocenters. The second kappa shape index (κ2) is 7.12. The van der Waals surface area contributed by atoms with E-state index in [9.17, 15) is 4.79 Å². The number of benzene rings is 1. The minimum absolute atomic E-state index is 0.111. The number of nitrogens with two attached hydrogens (primary N) is 1. The molecule has 2 rings (SSSR count). The van der Waals surface area contributed by atoms with E-state index in [1.807, 2.05) is 25.1 Å². The largest absolute Gasteiger partial charge is 0.494 e. The Morgan fingerprint density at radius 2 is 2.20 bits per heavy atom. The van der Waals surface area contributed by atoms with Gasteiger partial charge in [0.2, 0.25) is 0 Å². The molecule has 0 spiro atoms. The third kappa shape index (κ3) is 3.61. The lowest BCUT2D eigenvalue weighted by molar-refractivity contribution is 0.0564. The zero-order chi connectivity index (χ0) is 14.4. The summed E-state index contributed by atoms with van der Waals surface area (Å²) < 4.78 is 10.7. The fraction of sp³-hybridized carbons (Fsp3) is 0.500. The van der Waals surface area contributed by atoms with Crippen LogP contribution in [0.1, 0.15) is 12.5 Å². The average molecular weight is 279 g/mol. The molecule has 0 aliphatic carbocycles. The highest BCUT2D eigenvalue weighted by molar-refractivity contribution is 5.89. The van der Waals surface area contributed by atoms with Crippen molar-refractivity contribution in [3.8, 4) is 5.75 Å². The second-order valence-corrected chi connectivity index (χ2v) is 4.49. The molecule has 3 N–H and O–H groups in total. The van der Waals surface area contributed by atoms with Crippen molar-refractivity contribution in [3.63, 3.8) is 0 Å². The Hall–Kier alpha value is -1.79. The topological polar surface area (TPSA) is 76.8 Å². The van der Waals surface area contributed by atoms with Crippen molar-refractivity contribution in [2.45, 2.75) is 13.5 Å². The quantitative estimate of drug-likeness (QED) is 0.873. The molecule has 6 nitrogen and oxygen atoms in total. The van der Waals surface area contributed by atoms with Crippen LogP contribution in [-0.2, 0) is 11.3 Å². The second-order valence-electron chi connectivity index (χ2n) is 4.49. The molecule has 0 unspecified atom stereocenters. The number of urea groups is 1. The number of morpholine rings is 1. The number of carbonyl (C=O) groups is 1. The molecule has 1 aromatic carbocycles. The van der Waals surface area contributed by atoms with Crippen LogP contribution in [0.3, 0.4) is 0 Å². The van der Waals surface area contributed by atoms with Gasteiger partial charge in [-0.05, 0) is 25.1 Å². The van der Waals surface area contributed by atoms with Crippen molar-refractivity contribution in [2.24, 2.45) is 5.73 Å². The molecule has 0 bridgehead atoms. The van der Waals surface area contributed by atoms with E-state index in [4.69, 9.17) is 15.2 Å². The lowest BCUT2D eigenvalue weighted by Gasteiger charge is -2.27. The maximum absolute atomic E-state index is 12.1. The maximum Gasteiger partial charge on any atom is 0.321 e. The maximum atomic E-state index is 12.1. The molecule has 0 radical (unpaired) electrons. The number of hydrogen-bond acceptors (Lipinski definition) is 4. The van der Waals surface area contributed by atoms with E-state index in [-0.39, 0.29) is 6.03 Å². The summed E-state index contributed by atoms with van der Waals surface area (Å²) in [7, 11) is 0. The zero-order valence-electron chi connectivity index (χ0n) is 11.7. The molecular formula is C14H21N3O3. The number of rotatable bonds is 4. The van der Waals surface area contributed by atoms with Crippen LogP contribution in [0.15, 0.2) is 18.2 Å². The van der Waals surface area contributed by atoms with Crippen LogP contribution in [0, 0.1) is 0 Å². The minimum Gasteiger partial charge on any atom is -0.494 e. The summed E-state index contributed by atoms with van der Waals surface area (Å²) in [6.07, 6.45) is 0. The van der Waals surface area contributed by atoms with Crippen molar-refractivity contribution >= 4 is 11.7 Å². The van der Waals surface area contributed by atoms with Crippen LogP contribution in [0.25, 0.3) is 0 Å². The smallest absolute Gasteiger partial charge is 0.321 e. The van der Waals surface area contributed by atoms with Crippen molar-refractivity contribution < 1.29 is 14.3 Å². The molecule has 0 saturated carbocycles. The highest BCUT2D eigenvalue weighted by Gasteiger charge is 2.17. The zero-order valence-corrected chi connectivity index (χ0v) is 11.7. The van der Waals surface area contributed by atoms with Gasteiger partial charge in [0, 0.05) is 30.9 Å². The summed E-state index contributed by atoms with van der Waals surface area (Å²) >= 11 is 0. The first-order valence-electron chi connectivity index (χ1n) is 6.84. The average Bonchev–Trinajstić information content (AvgIpc) is 2.50. The van der Waals surface area contributed by atoms with Crippen LogP contribution in [0.5, 0.6) is 5.75 Å². The number of nitrogens with one attached hydrogen (secondary N) is 1. The van der Waals surface area contributed by atoms with Crippen LogP contribution < -0.4 is 15.8 Å². The lowest BCUT2D eigenvalue weighted by Crippen LogP contribution is -2.43. The van der Waals surface area contributed by atoms with Crippen LogP contribution >= 0.6 is 0 Å². The van der Waals surface area contributed by atoms with Gasteiger partial charge in [0.05, 0.1) is 19.8 Å². The van der Waals surface area contributed by atoms with Gasteiger partial charge in [-0.3, -0.25) is 0 Å². The van der Waals surface area contributed by atoms with Crippen molar-refractivity contribution in [2.75, 3.05) is 38.2 Å². The Balaban J connectivity index is 2.03. The molecule has 110 valence electrons. The predicted octanol–water partition coefficient (Wildman–Crippen LogP) is 1.41. The third-order valence-electron chi connectivity index (χ3n) is 3.13. The van der Waals surface area contributed by atoms with Gasteiger partial charge < -0.3 is 25.4 Å². The monoisotopic (exact) mass is 279 g/mol. The highest BCUT2D eigenvalue weighted by Crippen LogP contribution is 2.22. The molecular weight excluding hydrogens is 258 g/mol. The summed E-state index contributed by atoms with van der Waals surface area (Å²) in [5, 5.41) is 2.88. The first-order valence-corrected chi connectivity index (χ1v) is 6.84. The molecule has 1 aliphatic heterocycles. The Morgan fingerprint density at radius 3 is 2.85 bits per heavy atom. The molecule has 1 heterocycles. The lowest BCUT2D eigenvalue weighted by atomic mass is 10.1. The van der Waals surface area contributed by atoms with E-state index in [1.54, 1.807) is 4.90 Å². The molecule has 20 heavy (non-hydrogen) atoms. The molecule has 6 heteroatoms. The highest BCUT2D eigenvalue weighted by atomic mass is 16.5. The van der Waals surface area contributed by atoms with Crippen molar-refractivity contribution in [3.05, 3.63) is 23.8 Å². The predicted molar refractivity (Wildman–Crippen MR) is 76.9 cm³/mol. The number of nitrogens with zero attached hydrogens (tertiary/aromatic N) is 1. The number of ether oxygens (including phenoxy) is 2. The standard InChI is InChI=1S/C14H21N3O3/c1-2-20-13-4-3-12(9-11(13)10-15)16-14(18)17-5-7-19-8-6-17/h3-4,9H,2,5-8,10,15H2,1H3,(H,16,18). The number of hydrogen-bond donors (Lipinski definition) is 2. The summed E-state index contributed by atoms with van der Waals surface area (Å²) in [5.41, 5.74) is 7.31. The Bertz CT molecular complexity index is 459. The summed E-state index contributed by atoms with van der Waals surface area (Å²) in [4.78, 5) is 13.8. The van der Waals surface area contributed by atoms with Gasteiger partial charge in [-0.1, -0.05) is 0 Å². The van der Waals surface area contributed by atoms with Gasteiger partial charge in [-0.15, -0.1) is 0 Å². The van der Waals surface area contributed by atoms with Gasteiger partial charge >= 0.3 is 6.03 Å². The van der Waals surface area contributed by atoms with Gasteiger partial charge in [0.25, 0.3) is 0 Å². The van der Waals surface area contributed by atoms with Gasteiger partial charge in [-0.25, -0.2) is 4.79 Å². The molecule has 1 saturated heterocycles. The Kier molecular flexibility index (Phi) is 5.20. The van der Waals surface area contributed by atoms with Crippen LogP contribution in [-0.4, -0.2) is 43.8 Å². The van der Waals surface area contributed by atoms with Crippen molar-refractivity contribution in [1.29, 1.82) is 0 Å². The number of carbonyl (C=O) groups excluding carboxylic acids is 1. The summed E-state index contributed by atoms with van der Waals surface area (Å²) in [5.74, 6) is 0.763. The van der Waals surface area contributed by atoms with Gasteiger partial charge in [-0.2, -0.15) is 0 Å². The SMILES string of the molecule is CCOc1ccc(NC(=O)N2CCOCC2)cc1CN. The normalized spacial score (nSPS) is 15.0. The molecule has 1 aromatic rings.